The van der Waals surface area contributed by atoms with E-state index in [2.05, 4.69) is 36.2 Å². The quantitative estimate of drug-likeness (QED) is 0.866. The number of rotatable bonds is 5. The van der Waals surface area contributed by atoms with Crippen LogP contribution in [-0.2, 0) is 13.0 Å². The number of nitrogens with zero attached hydrogens (tertiary/aromatic N) is 2. The lowest BCUT2D eigenvalue weighted by Gasteiger charge is -2.47. The molecule has 1 fully saturated rings. The number of aliphatic hydroxyl groups is 1. The minimum absolute atomic E-state index is 0.152. The van der Waals surface area contributed by atoms with Crippen molar-refractivity contribution in [3.05, 3.63) is 11.7 Å². The highest BCUT2D eigenvalue weighted by Gasteiger charge is 2.42. The summed E-state index contributed by atoms with van der Waals surface area (Å²) in [6.07, 6.45) is 3.92. The third kappa shape index (κ3) is 3.58. The first-order valence-corrected chi connectivity index (χ1v) is 7.55. The highest BCUT2D eigenvalue weighted by molar-refractivity contribution is 5.00. The molecule has 2 rings (SSSR count). The zero-order valence-electron chi connectivity index (χ0n) is 13.1. The van der Waals surface area contributed by atoms with Crippen LogP contribution in [0.2, 0.25) is 0 Å². The van der Waals surface area contributed by atoms with Crippen LogP contribution < -0.4 is 5.32 Å². The van der Waals surface area contributed by atoms with E-state index in [-0.39, 0.29) is 17.6 Å². The maximum Gasteiger partial charge on any atom is 0.226 e. The molecule has 1 saturated carbocycles. The first-order chi connectivity index (χ1) is 9.38. The van der Waals surface area contributed by atoms with E-state index in [1.807, 2.05) is 6.92 Å². The Balaban J connectivity index is 2.03. The van der Waals surface area contributed by atoms with Gasteiger partial charge in [0, 0.05) is 12.0 Å². The number of hydrogen-bond donors (Lipinski definition) is 2. The Hall–Kier alpha value is -0.940. The summed E-state index contributed by atoms with van der Waals surface area (Å²) in [5.41, 5.74) is 0.0212. The summed E-state index contributed by atoms with van der Waals surface area (Å²) in [6, 6.07) is 0. The Morgan fingerprint density at radius 2 is 2.15 bits per heavy atom. The van der Waals surface area contributed by atoms with Crippen LogP contribution in [0.1, 0.15) is 58.7 Å². The molecule has 1 heterocycles. The van der Waals surface area contributed by atoms with E-state index in [1.165, 1.54) is 6.42 Å². The summed E-state index contributed by atoms with van der Waals surface area (Å²) in [5.74, 6) is 1.94. The van der Waals surface area contributed by atoms with Crippen molar-refractivity contribution in [3.8, 4) is 0 Å². The molecule has 20 heavy (non-hydrogen) atoms. The van der Waals surface area contributed by atoms with Crippen LogP contribution in [0.5, 0.6) is 0 Å². The average molecular weight is 281 g/mol. The van der Waals surface area contributed by atoms with E-state index in [9.17, 15) is 5.11 Å². The second-order valence-electron chi connectivity index (χ2n) is 7.10. The molecule has 5 heteroatoms. The largest absolute Gasteiger partial charge is 0.394 e. The van der Waals surface area contributed by atoms with Crippen LogP contribution in [0.4, 0.5) is 0 Å². The van der Waals surface area contributed by atoms with Gasteiger partial charge in [-0.2, -0.15) is 4.98 Å². The molecule has 0 aromatic carbocycles. The van der Waals surface area contributed by atoms with Crippen molar-refractivity contribution >= 4 is 0 Å². The summed E-state index contributed by atoms with van der Waals surface area (Å²) in [6.45, 7) is 9.50. The lowest BCUT2D eigenvalue weighted by Crippen LogP contribution is -2.55. The Morgan fingerprint density at radius 3 is 2.70 bits per heavy atom. The Bertz CT molecular complexity index is 444. The van der Waals surface area contributed by atoms with Crippen molar-refractivity contribution in [3.63, 3.8) is 0 Å². The fourth-order valence-electron chi connectivity index (χ4n) is 3.83. The standard InChI is InChI=1S/C15H27N3O2/c1-5-13-17-12(18-20-13)8-16-15(10-19)7-11(2)6-14(3,4)9-15/h11,16,19H,5-10H2,1-4H3/t11-,15+/m0/s1. The highest BCUT2D eigenvalue weighted by atomic mass is 16.5. The molecule has 5 nitrogen and oxygen atoms in total. The number of hydrogen-bond acceptors (Lipinski definition) is 5. The fraction of sp³-hybridized carbons (Fsp3) is 0.867. The molecule has 1 aliphatic rings. The van der Waals surface area contributed by atoms with Gasteiger partial charge in [-0.25, -0.2) is 0 Å². The highest BCUT2D eigenvalue weighted by Crippen LogP contribution is 2.43. The lowest BCUT2D eigenvalue weighted by molar-refractivity contribution is 0.0347. The Labute approximate surface area is 121 Å². The van der Waals surface area contributed by atoms with Crippen molar-refractivity contribution in [2.45, 2.75) is 65.5 Å². The zero-order chi connectivity index (χ0) is 14.8. The smallest absolute Gasteiger partial charge is 0.226 e. The molecular formula is C15H27N3O2. The number of aryl methyl sites for hydroxylation is 1. The molecule has 0 amide bonds. The van der Waals surface area contributed by atoms with Crippen molar-refractivity contribution < 1.29 is 9.63 Å². The maximum atomic E-state index is 9.89. The first-order valence-electron chi connectivity index (χ1n) is 7.55. The predicted molar refractivity (Wildman–Crippen MR) is 77.1 cm³/mol. The normalized spacial score (nSPS) is 29.6. The second kappa shape index (κ2) is 5.82. The molecule has 1 aromatic heterocycles. The molecule has 2 atom stereocenters. The van der Waals surface area contributed by atoms with Gasteiger partial charge < -0.3 is 14.9 Å². The molecule has 0 unspecified atom stereocenters. The minimum atomic E-state index is -0.228. The molecule has 0 bridgehead atoms. The van der Waals surface area contributed by atoms with Gasteiger partial charge in [-0.05, 0) is 30.6 Å². The average Bonchev–Trinajstić information content (AvgIpc) is 2.82. The van der Waals surface area contributed by atoms with Crippen LogP contribution in [0.25, 0.3) is 0 Å². The van der Waals surface area contributed by atoms with Gasteiger partial charge in [-0.3, -0.25) is 0 Å². The van der Waals surface area contributed by atoms with Gasteiger partial charge in [0.1, 0.15) is 0 Å². The molecular weight excluding hydrogens is 254 g/mol. The summed E-state index contributed by atoms with van der Waals surface area (Å²) < 4.78 is 5.12. The van der Waals surface area contributed by atoms with Gasteiger partial charge >= 0.3 is 0 Å². The van der Waals surface area contributed by atoms with E-state index in [0.717, 1.165) is 19.3 Å². The summed E-state index contributed by atoms with van der Waals surface area (Å²) in [7, 11) is 0. The third-order valence-corrected chi connectivity index (χ3v) is 4.19. The van der Waals surface area contributed by atoms with Crippen LogP contribution in [-0.4, -0.2) is 27.4 Å². The minimum Gasteiger partial charge on any atom is -0.394 e. The summed E-state index contributed by atoms with van der Waals surface area (Å²) >= 11 is 0. The molecule has 114 valence electrons. The second-order valence-corrected chi connectivity index (χ2v) is 7.10. The lowest BCUT2D eigenvalue weighted by atomic mass is 9.64. The van der Waals surface area contributed by atoms with Crippen molar-refractivity contribution in [1.29, 1.82) is 0 Å². The summed E-state index contributed by atoms with van der Waals surface area (Å²) in [4.78, 5) is 4.31. The molecule has 1 aliphatic carbocycles. The third-order valence-electron chi connectivity index (χ3n) is 4.19. The summed E-state index contributed by atoms with van der Waals surface area (Å²) in [5, 5.41) is 17.3. The van der Waals surface area contributed by atoms with E-state index in [1.54, 1.807) is 0 Å². The molecule has 0 aliphatic heterocycles. The number of aliphatic hydroxyl groups excluding tert-OH is 1. The van der Waals surface area contributed by atoms with Gasteiger partial charge in [-0.15, -0.1) is 0 Å². The van der Waals surface area contributed by atoms with Gasteiger partial charge in [0.25, 0.3) is 0 Å². The zero-order valence-corrected chi connectivity index (χ0v) is 13.1. The van der Waals surface area contributed by atoms with Crippen molar-refractivity contribution in [2.75, 3.05) is 6.61 Å². The van der Waals surface area contributed by atoms with E-state index in [0.29, 0.717) is 24.2 Å². The molecule has 0 spiro atoms. The van der Waals surface area contributed by atoms with E-state index < -0.39 is 0 Å². The van der Waals surface area contributed by atoms with Crippen molar-refractivity contribution in [2.24, 2.45) is 11.3 Å². The predicted octanol–water partition coefficient (Wildman–Crippen LogP) is 2.30. The van der Waals surface area contributed by atoms with Crippen LogP contribution in [0.3, 0.4) is 0 Å². The van der Waals surface area contributed by atoms with Crippen LogP contribution >= 0.6 is 0 Å². The van der Waals surface area contributed by atoms with Crippen molar-refractivity contribution in [1.82, 2.24) is 15.5 Å². The van der Waals surface area contributed by atoms with Gasteiger partial charge in [0.15, 0.2) is 5.82 Å². The van der Waals surface area contributed by atoms with Gasteiger partial charge in [0.2, 0.25) is 5.89 Å². The number of aromatic nitrogens is 2. The fourth-order valence-corrected chi connectivity index (χ4v) is 3.83. The Kier molecular flexibility index (Phi) is 4.49. The molecule has 0 radical (unpaired) electrons. The van der Waals surface area contributed by atoms with Gasteiger partial charge in [0.05, 0.1) is 13.2 Å². The molecule has 1 aromatic rings. The first kappa shape index (κ1) is 15.4. The number of nitrogens with one attached hydrogen (secondary N) is 1. The van der Waals surface area contributed by atoms with Crippen LogP contribution in [0.15, 0.2) is 4.52 Å². The van der Waals surface area contributed by atoms with Crippen LogP contribution in [0, 0.1) is 11.3 Å². The molecule has 2 N–H and O–H groups in total. The van der Waals surface area contributed by atoms with E-state index >= 15 is 0 Å². The maximum absolute atomic E-state index is 9.89. The van der Waals surface area contributed by atoms with E-state index in [4.69, 9.17) is 4.52 Å². The molecule has 0 saturated heterocycles. The monoisotopic (exact) mass is 281 g/mol. The van der Waals surface area contributed by atoms with Gasteiger partial charge in [-0.1, -0.05) is 32.9 Å². The Morgan fingerprint density at radius 1 is 1.40 bits per heavy atom. The SMILES string of the molecule is CCc1nc(CN[C@]2(CO)C[C@@H](C)CC(C)(C)C2)no1. The topological polar surface area (TPSA) is 71.2 Å².